The summed E-state index contributed by atoms with van der Waals surface area (Å²) in [4.78, 5) is 15.9. The van der Waals surface area contributed by atoms with Gasteiger partial charge in [-0.05, 0) is 18.6 Å². The van der Waals surface area contributed by atoms with Crippen LogP contribution in [0.1, 0.15) is 21.6 Å². The monoisotopic (exact) mass is 295 g/mol. The van der Waals surface area contributed by atoms with E-state index < -0.39 is 0 Å². The molecule has 0 aliphatic heterocycles. The first kappa shape index (κ1) is 14.2. The van der Waals surface area contributed by atoms with E-state index in [4.69, 9.17) is 9.47 Å². The normalized spacial score (nSPS) is 10.7. The number of carbonyl (C=O) groups excluding carboxylic acids is 1. The number of aromatic amines is 1. The first-order valence-corrected chi connectivity index (χ1v) is 6.99. The lowest BCUT2D eigenvalue weighted by Crippen LogP contribution is -2.02. The van der Waals surface area contributed by atoms with Gasteiger partial charge in [0.15, 0.2) is 11.5 Å². The van der Waals surface area contributed by atoms with Crippen LogP contribution in [0.5, 0.6) is 11.5 Å². The number of hydrogen-bond acceptors (Lipinski definition) is 3. The van der Waals surface area contributed by atoms with Crippen molar-refractivity contribution < 1.29 is 14.3 Å². The Morgan fingerprint density at radius 3 is 2.27 bits per heavy atom. The molecule has 0 aliphatic carbocycles. The van der Waals surface area contributed by atoms with Crippen LogP contribution < -0.4 is 9.47 Å². The first-order valence-electron chi connectivity index (χ1n) is 6.99. The molecular formula is C18H17NO3. The summed E-state index contributed by atoms with van der Waals surface area (Å²) in [7, 11) is 3.19. The van der Waals surface area contributed by atoms with Crippen molar-refractivity contribution in [3.05, 3.63) is 59.3 Å². The molecule has 0 radical (unpaired) electrons. The Kier molecular flexibility index (Phi) is 3.59. The molecule has 3 aromatic rings. The average Bonchev–Trinajstić information content (AvgIpc) is 2.89. The fraction of sp³-hybridized carbons (Fsp3) is 0.167. The quantitative estimate of drug-likeness (QED) is 0.746. The predicted octanol–water partition coefficient (Wildman–Crippen LogP) is 3.72. The Morgan fingerprint density at radius 1 is 1.00 bits per heavy atom. The molecule has 0 fully saturated rings. The smallest absolute Gasteiger partial charge is 0.209 e. The third kappa shape index (κ3) is 2.22. The Labute approximate surface area is 128 Å². The highest BCUT2D eigenvalue weighted by atomic mass is 16.5. The summed E-state index contributed by atoms with van der Waals surface area (Å²) in [5.41, 5.74) is 3.02. The van der Waals surface area contributed by atoms with Crippen LogP contribution in [0.2, 0.25) is 0 Å². The number of ether oxygens (including phenoxy) is 2. The van der Waals surface area contributed by atoms with Crippen molar-refractivity contribution in [2.45, 2.75) is 6.92 Å². The zero-order valence-electron chi connectivity index (χ0n) is 12.8. The number of methoxy groups -OCH3 is 2. The number of aromatic nitrogens is 1. The number of hydrogen-bond donors (Lipinski definition) is 1. The Balaban J connectivity index is 2.16. The molecule has 1 aromatic heterocycles. The van der Waals surface area contributed by atoms with Crippen LogP contribution in [0, 0.1) is 6.92 Å². The molecule has 2 aromatic carbocycles. The molecule has 0 saturated carbocycles. The van der Waals surface area contributed by atoms with Gasteiger partial charge in [0.05, 0.1) is 25.4 Å². The molecule has 0 spiro atoms. The van der Waals surface area contributed by atoms with Gasteiger partial charge in [0, 0.05) is 17.0 Å². The largest absolute Gasteiger partial charge is 0.493 e. The van der Waals surface area contributed by atoms with Gasteiger partial charge in [0.25, 0.3) is 0 Å². The highest BCUT2D eigenvalue weighted by Crippen LogP contribution is 2.34. The standard InChI is InChI=1S/C18H17NO3/c1-11-13-9-15(21-2)16(22-3)10-14(13)19-17(11)18(20)12-7-5-4-6-8-12/h4-10,19H,1-3H3. The molecule has 4 heteroatoms. The second-order valence-electron chi connectivity index (χ2n) is 5.07. The number of carbonyl (C=O) groups is 1. The number of fused-ring (bicyclic) bond motifs is 1. The number of rotatable bonds is 4. The van der Waals surface area contributed by atoms with Crippen molar-refractivity contribution in [1.29, 1.82) is 0 Å². The predicted molar refractivity (Wildman–Crippen MR) is 86.0 cm³/mol. The van der Waals surface area contributed by atoms with Crippen molar-refractivity contribution in [1.82, 2.24) is 4.98 Å². The van der Waals surface area contributed by atoms with E-state index >= 15 is 0 Å². The summed E-state index contributed by atoms with van der Waals surface area (Å²) >= 11 is 0. The minimum Gasteiger partial charge on any atom is -0.493 e. The van der Waals surface area contributed by atoms with E-state index in [0.29, 0.717) is 22.8 Å². The molecule has 112 valence electrons. The summed E-state index contributed by atoms with van der Waals surface area (Å²) in [6, 6.07) is 13.0. The van der Waals surface area contributed by atoms with Crippen LogP contribution in [-0.2, 0) is 0 Å². The van der Waals surface area contributed by atoms with Crippen molar-refractivity contribution in [2.24, 2.45) is 0 Å². The molecule has 0 aliphatic rings. The maximum absolute atomic E-state index is 12.7. The van der Waals surface area contributed by atoms with Gasteiger partial charge in [-0.15, -0.1) is 0 Å². The highest BCUT2D eigenvalue weighted by Gasteiger charge is 2.18. The van der Waals surface area contributed by atoms with Crippen LogP contribution in [0.15, 0.2) is 42.5 Å². The number of nitrogens with one attached hydrogen (secondary N) is 1. The third-order valence-electron chi connectivity index (χ3n) is 3.83. The van der Waals surface area contributed by atoms with Gasteiger partial charge in [-0.2, -0.15) is 0 Å². The maximum atomic E-state index is 12.7. The maximum Gasteiger partial charge on any atom is 0.209 e. The molecule has 0 amide bonds. The minimum absolute atomic E-state index is 0.0211. The van der Waals surface area contributed by atoms with Crippen LogP contribution in [0.25, 0.3) is 10.9 Å². The third-order valence-corrected chi connectivity index (χ3v) is 3.83. The SMILES string of the molecule is COc1cc2[nH]c(C(=O)c3ccccc3)c(C)c2cc1OC. The van der Waals surface area contributed by atoms with E-state index in [1.54, 1.807) is 14.2 Å². The average molecular weight is 295 g/mol. The van der Waals surface area contributed by atoms with Gasteiger partial charge in [0.2, 0.25) is 5.78 Å². The number of benzene rings is 2. The van der Waals surface area contributed by atoms with E-state index in [2.05, 4.69) is 4.98 Å². The Bertz CT molecular complexity index is 834. The summed E-state index contributed by atoms with van der Waals surface area (Å²) < 4.78 is 10.6. The second kappa shape index (κ2) is 5.56. The number of ketones is 1. The van der Waals surface area contributed by atoms with Gasteiger partial charge in [0.1, 0.15) is 0 Å². The van der Waals surface area contributed by atoms with Gasteiger partial charge >= 0.3 is 0 Å². The molecule has 0 unspecified atom stereocenters. The molecule has 4 nitrogen and oxygen atoms in total. The number of H-pyrrole nitrogens is 1. The van der Waals surface area contributed by atoms with E-state index in [0.717, 1.165) is 16.5 Å². The van der Waals surface area contributed by atoms with Crippen molar-refractivity contribution >= 4 is 16.7 Å². The minimum atomic E-state index is -0.0211. The van der Waals surface area contributed by atoms with E-state index in [9.17, 15) is 4.79 Å². The molecule has 3 rings (SSSR count). The van der Waals surface area contributed by atoms with Crippen molar-refractivity contribution in [3.63, 3.8) is 0 Å². The van der Waals surface area contributed by atoms with Gasteiger partial charge in [-0.25, -0.2) is 0 Å². The first-order chi connectivity index (χ1) is 10.7. The van der Waals surface area contributed by atoms with Crippen LogP contribution in [-0.4, -0.2) is 25.0 Å². The van der Waals surface area contributed by atoms with Gasteiger partial charge < -0.3 is 14.5 Å². The van der Waals surface area contributed by atoms with Gasteiger partial charge in [-0.3, -0.25) is 4.79 Å². The second-order valence-corrected chi connectivity index (χ2v) is 5.07. The molecule has 0 atom stereocenters. The fourth-order valence-electron chi connectivity index (χ4n) is 2.62. The van der Waals surface area contributed by atoms with E-state index in [-0.39, 0.29) is 5.78 Å². The molecule has 1 heterocycles. The lowest BCUT2D eigenvalue weighted by Gasteiger charge is -2.07. The Morgan fingerprint density at radius 2 is 1.64 bits per heavy atom. The van der Waals surface area contributed by atoms with E-state index in [1.807, 2.05) is 49.4 Å². The summed E-state index contributed by atoms with van der Waals surface area (Å²) in [5.74, 6) is 1.26. The Hall–Kier alpha value is -2.75. The van der Waals surface area contributed by atoms with Crippen LogP contribution in [0.4, 0.5) is 0 Å². The highest BCUT2D eigenvalue weighted by molar-refractivity contribution is 6.11. The van der Waals surface area contributed by atoms with Gasteiger partial charge in [-0.1, -0.05) is 30.3 Å². The van der Waals surface area contributed by atoms with Crippen LogP contribution >= 0.6 is 0 Å². The molecular weight excluding hydrogens is 278 g/mol. The summed E-state index contributed by atoms with van der Waals surface area (Å²) in [5, 5.41) is 0.955. The lowest BCUT2D eigenvalue weighted by molar-refractivity contribution is 0.103. The molecule has 0 bridgehead atoms. The lowest BCUT2D eigenvalue weighted by atomic mass is 10.0. The zero-order valence-corrected chi connectivity index (χ0v) is 12.8. The topological polar surface area (TPSA) is 51.3 Å². The fourth-order valence-corrected chi connectivity index (χ4v) is 2.62. The molecule has 0 saturated heterocycles. The zero-order chi connectivity index (χ0) is 15.7. The number of aryl methyl sites for hydroxylation is 1. The molecule has 22 heavy (non-hydrogen) atoms. The summed E-state index contributed by atoms with van der Waals surface area (Å²) in [6.07, 6.45) is 0. The van der Waals surface area contributed by atoms with Crippen molar-refractivity contribution in [3.8, 4) is 11.5 Å². The van der Waals surface area contributed by atoms with Crippen molar-refractivity contribution in [2.75, 3.05) is 14.2 Å². The van der Waals surface area contributed by atoms with Crippen LogP contribution in [0.3, 0.4) is 0 Å². The molecule has 1 N–H and O–H groups in total. The van der Waals surface area contributed by atoms with E-state index in [1.165, 1.54) is 0 Å². The summed E-state index contributed by atoms with van der Waals surface area (Å²) in [6.45, 7) is 1.93.